The molecule has 4 amide bonds. The number of anilines is 2. The molecule has 0 spiro atoms. The molecule has 4 rings (SSSR count). The Labute approximate surface area is 203 Å². The number of hydrogen-bond acceptors (Lipinski definition) is 4. The summed E-state index contributed by atoms with van der Waals surface area (Å²) in [4.78, 5) is 54.6. The first-order valence-electron chi connectivity index (χ1n) is 11.4. The van der Waals surface area contributed by atoms with Gasteiger partial charge in [0.15, 0.2) is 0 Å². The highest BCUT2D eigenvalue weighted by Gasteiger charge is 2.52. The monoisotopic (exact) mass is 482 g/mol. The summed E-state index contributed by atoms with van der Waals surface area (Å²) in [6.07, 6.45) is 1.60. The van der Waals surface area contributed by atoms with E-state index in [-0.39, 0.29) is 36.6 Å². The fraction of sp³-hybridized carbons (Fsp3) is 0.360. The van der Waals surface area contributed by atoms with E-state index in [0.29, 0.717) is 46.9 Å². The molecule has 0 saturated carbocycles. The minimum absolute atomic E-state index is 0.00589. The minimum Gasteiger partial charge on any atom is -0.352 e. The second kappa shape index (κ2) is 9.46. The molecule has 9 heteroatoms. The maximum atomic E-state index is 13.3. The van der Waals surface area contributed by atoms with Crippen LogP contribution in [0.1, 0.15) is 60.2 Å². The normalized spacial score (nSPS) is 19.0. The summed E-state index contributed by atoms with van der Waals surface area (Å²) < 4.78 is 0. The minimum atomic E-state index is -0.829. The molecule has 2 aliphatic heterocycles. The number of carbonyl (C=O) groups excluding carboxylic acids is 4. The summed E-state index contributed by atoms with van der Waals surface area (Å²) in [5.74, 6) is -0.917. The smallest absolute Gasteiger partial charge is 0.257 e. The van der Waals surface area contributed by atoms with Gasteiger partial charge in [-0.05, 0) is 50.1 Å². The van der Waals surface area contributed by atoms with Crippen LogP contribution in [0.25, 0.3) is 0 Å². The zero-order valence-electron chi connectivity index (χ0n) is 19.2. The van der Waals surface area contributed by atoms with Crippen molar-refractivity contribution in [2.24, 2.45) is 0 Å². The first kappa shape index (κ1) is 23.8. The second-order valence-corrected chi connectivity index (χ2v) is 9.10. The molecule has 34 heavy (non-hydrogen) atoms. The van der Waals surface area contributed by atoms with Crippen LogP contribution >= 0.6 is 11.6 Å². The molecule has 2 heterocycles. The summed E-state index contributed by atoms with van der Waals surface area (Å²) in [6.45, 7) is 4.44. The van der Waals surface area contributed by atoms with E-state index < -0.39 is 5.66 Å². The van der Waals surface area contributed by atoms with Crippen molar-refractivity contribution in [2.45, 2.75) is 45.2 Å². The predicted molar refractivity (Wildman–Crippen MR) is 130 cm³/mol. The van der Waals surface area contributed by atoms with Gasteiger partial charge in [-0.25, -0.2) is 0 Å². The number of carbonyl (C=O) groups is 4. The maximum absolute atomic E-state index is 13.3. The van der Waals surface area contributed by atoms with Gasteiger partial charge in [0.1, 0.15) is 5.66 Å². The zero-order chi connectivity index (χ0) is 24.5. The van der Waals surface area contributed by atoms with E-state index in [1.807, 2.05) is 13.8 Å². The molecule has 0 aliphatic carbocycles. The first-order chi connectivity index (χ1) is 16.3. The van der Waals surface area contributed by atoms with Gasteiger partial charge in [0.05, 0.1) is 22.5 Å². The molecule has 0 aromatic heterocycles. The van der Waals surface area contributed by atoms with Gasteiger partial charge < -0.3 is 15.5 Å². The number of nitrogens with zero attached hydrogens (tertiary/aromatic N) is 2. The van der Waals surface area contributed by atoms with Crippen LogP contribution in [0.15, 0.2) is 42.5 Å². The van der Waals surface area contributed by atoms with Crippen molar-refractivity contribution in [3.63, 3.8) is 0 Å². The number of nitrogens with one attached hydrogen (secondary N) is 2. The molecule has 178 valence electrons. The highest BCUT2D eigenvalue weighted by Crippen LogP contribution is 2.44. The van der Waals surface area contributed by atoms with Gasteiger partial charge in [0.2, 0.25) is 11.8 Å². The Morgan fingerprint density at radius 3 is 2.68 bits per heavy atom. The van der Waals surface area contributed by atoms with Gasteiger partial charge in [0, 0.05) is 31.0 Å². The number of amides is 4. The number of fused-ring (bicyclic) bond motifs is 3. The average molecular weight is 483 g/mol. The molecule has 2 aliphatic rings. The van der Waals surface area contributed by atoms with E-state index in [1.54, 1.807) is 46.2 Å². The number of hydrogen-bond donors (Lipinski definition) is 2. The Hall–Kier alpha value is -3.39. The van der Waals surface area contributed by atoms with Crippen molar-refractivity contribution in [1.82, 2.24) is 10.2 Å². The van der Waals surface area contributed by atoms with Crippen molar-refractivity contribution in [3.05, 3.63) is 58.6 Å². The molecule has 1 unspecified atom stereocenters. The predicted octanol–water partition coefficient (Wildman–Crippen LogP) is 3.81. The molecule has 1 fully saturated rings. The maximum Gasteiger partial charge on any atom is 0.257 e. The molecule has 0 radical (unpaired) electrons. The molecular formula is C25H27ClN4O4. The quantitative estimate of drug-likeness (QED) is 0.627. The van der Waals surface area contributed by atoms with E-state index in [2.05, 4.69) is 10.6 Å². The lowest BCUT2D eigenvalue weighted by Gasteiger charge is -2.48. The van der Waals surface area contributed by atoms with Gasteiger partial charge in [-0.1, -0.05) is 30.7 Å². The summed E-state index contributed by atoms with van der Waals surface area (Å²) in [7, 11) is 0. The van der Waals surface area contributed by atoms with Crippen LogP contribution in [0.2, 0.25) is 5.02 Å². The van der Waals surface area contributed by atoms with Crippen LogP contribution in [0.3, 0.4) is 0 Å². The molecule has 1 atom stereocenters. The largest absolute Gasteiger partial charge is 0.352 e. The molecule has 2 aromatic carbocycles. The summed E-state index contributed by atoms with van der Waals surface area (Å²) in [6, 6.07) is 11.7. The number of benzene rings is 2. The average Bonchev–Trinajstić information content (AvgIpc) is 3.12. The van der Waals surface area contributed by atoms with Crippen LogP contribution in [0, 0.1) is 0 Å². The van der Waals surface area contributed by atoms with Gasteiger partial charge in [-0.3, -0.25) is 24.1 Å². The topological polar surface area (TPSA) is 98.8 Å². The third-order valence-corrected chi connectivity index (χ3v) is 6.58. The molecule has 8 nitrogen and oxygen atoms in total. The third kappa shape index (κ3) is 4.25. The van der Waals surface area contributed by atoms with Crippen LogP contribution in [-0.4, -0.2) is 47.3 Å². The Kier molecular flexibility index (Phi) is 6.61. The molecular weight excluding hydrogens is 456 g/mol. The van der Waals surface area contributed by atoms with Crippen molar-refractivity contribution in [1.29, 1.82) is 0 Å². The number of rotatable bonds is 7. The van der Waals surface area contributed by atoms with Gasteiger partial charge >= 0.3 is 0 Å². The van der Waals surface area contributed by atoms with Crippen LogP contribution < -0.4 is 15.5 Å². The van der Waals surface area contributed by atoms with Crippen LogP contribution in [0.4, 0.5) is 11.4 Å². The Balaban J connectivity index is 1.52. The van der Waals surface area contributed by atoms with Crippen molar-refractivity contribution in [3.8, 4) is 0 Å². The lowest BCUT2D eigenvalue weighted by Crippen LogP contribution is -2.62. The van der Waals surface area contributed by atoms with Crippen molar-refractivity contribution < 1.29 is 19.2 Å². The Morgan fingerprint density at radius 1 is 1.15 bits per heavy atom. The van der Waals surface area contributed by atoms with Crippen LogP contribution in [-0.2, 0) is 9.59 Å². The lowest BCUT2D eigenvalue weighted by molar-refractivity contribution is -0.117. The molecule has 0 bridgehead atoms. The van der Waals surface area contributed by atoms with Gasteiger partial charge in [0.25, 0.3) is 11.8 Å². The Morgan fingerprint density at radius 2 is 1.91 bits per heavy atom. The molecule has 1 saturated heterocycles. The first-order valence-corrected chi connectivity index (χ1v) is 11.8. The molecule has 2 N–H and O–H groups in total. The van der Waals surface area contributed by atoms with Crippen LogP contribution in [0.5, 0.6) is 0 Å². The zero-order valence-corrected chi connectivity index (χ0v) is 19.9. The number of para-hydroxylation sites is 1. The second-order valence-electron chi connectivity index (χ2n) is 8.66. The standard InChI is InChI=1S/C25H27ClN4O4/c1-3-13-27-23(33)17-9-8-16(26)15-19(17)28-21(31)11-14-29-24(34)18-6-4-5-7-20(18)30-22(32)10-12-25(29,30)2/h4-9,15H,3,10-14H2,1-2H3,(H,27,33)(H,28,31). The lowest BCUT2D eigenvalue weighted by atomic mass is 9.98. The van der Waals surface area contributed by atoms with E-state index in [4.69, 9.17) is 11.6 Å². The SMILES string of the molecule is CCCNC(=O)c1ccc(Cl)cc1NC(=O)CCN1C(=O)c2ccccc2N2C(=O)CCC12C. The van der Waals surface area contributed by atoms with E-state index in [9.17, 15) is 19.2 Å². The Bertz CT molecular complexity index is 1170. The van der Waals surface area contributed by atoms with Gasteiger partial charge in [-0.2, -0.15) is 0 Å². The number of halogens is 1. The summed E-state index contributed by atoms with van der Waals surface area (Å²) in [5, 5.41) is 5.94. The molecule has 2 aromatic rings. The summed E-state index contributed by atoms with van der Waals surface area (Å²) >= 11 is 6.09. The van der Waals surface area contributed by atoms with E-state index in [1.165, 1.54) is 6.07 Å². The summed E-state index contributed by atoms with van der Waals surface area (Å²) in [5.41, 5.74) is 0.851. The van der Waals surface area contributed by atoms with Gasteiger partial charge in [-0.15, -0.1) is 0 Å². The fourth-order valence-electron chi connectivity index (χ4n) is 4.62. The van der Waals surface area contributed by atoms with E-state index >= 15 is 0 Å². The highest BCUT2D eigenvalue weighted by molar-refractivity contribution is 6.31. The third-order valence-electron chi connectivity index (χ3n) is 6.34. The van der Waals surface area contributed by atoms with Crippen molar-refractivity contribution >= 4 is 46.6 Å². The fourth-order valence-corrected chi connectivity index (χ4v) is 4.79. The highest BCUT2D eigenvalue weighted by atomic mass is 35.5. The van der Waals surface area contributed by atoms with E-state index in [0.717, 1.165) is 6.42 Å². The van der Waals surface area contributed by atoms with Crippen molar-refractivity contribution in [2.75, 3.05) is 23.3 Å².